The summed E-state index contributed by atoms with van der Waals surface area (Å²) in [4.78, 5) is 4.32. The molecule has 0 aromatic carbocycles. The summed E-state index contributed by atoms with van der Waals surface area (Å²) in [7, 11) is 0. The Balaban J connectivity index is 2.88. The minimum atomic E-state index is 0.0422. The average molecular weight is 257 g/mol. The van der Waals surface area contributed by atoms with Gasteiger partial charge in [-0.15, -0.1) is 0 Å². The van der Waals surface area contributed by atoms with E-state index in [2.05, 4.69) is 34.8 Å². The van der Waals surface area contributed by atoms with E-state index in [0.29, 0.717) is 5.92 Å². The third kappa shape index (κ3) is 2.55. The van der Waals surface area contributed by atoms with Crippen molar-refractivity contribution in [3.63, 3.8) is 0 Å². The second kappa shape index (κ2) is 5.47. The molecule has 2 nitrogen and oxygen atoms in total. The molecule has 1 unspecified atom stereocenters. The van der Waals surface area contributed by atoms with Crippen molar-refractivity contribution < 1.29 is 0 Å². The Kier molecular flexibility index (Phi) is 4.55. The molecule has 0 aliphatic heterocycles. The minimum Gasteiger partial charge on any atom is -0.322 e. The molecule has 0 bridgehead atoms. The van der Waals surface area contributed by atoms with Gasteiger partial charge in [0.2, 0.25) is 0 Å². The fourth-order valence-electron chi connectivity index (χ4n) is 1.66. The molecule has 1 atom stereocenters. The molecule has 0 saturated carbocycles. The van der Waals surface area contributed by atoms with E-state index in [-0.39, 0.29) is 6.04 Å². The Bertz CT molecular complexity index is 284. The lowest BCUT2D eigenvalue weighted by molar-refractivity contribution is 0.398. The predicted octanol–water partition coefficient (Wildman–Crippen LogP) is 3.28. The average Bonchev–Trinajstić information content (AvgIpc) is 2.20. The SMILES string of the molecule is CCC(CC)C(N)c1ncccc1Br. The highest BCUT2D eigenvalue weighted by Crippen LogP contribution is 2.28. The zero-order valence-electron chi connectivity index (χ0n) is 8.70. The lowest BCUT2D eigenvalue weighted by Gasteiger charge is -2.21. The number of hydrogen-bond acceptors (Lipinski definition) is 2. The van der Waals surface area contributed by atoms with Crippen LogP contribution in [0.2, 0.25) is 0 Å². The van der Waals surface area contributed by atoms with E-state index >= 15 is 0 Å². The lowest BCUT2D eigenvalue weighted by Crippen LogP contribution is -2.21. The highest BCUT2D eigenvalue weighted by Gasteiger charge is 2.18. The number of nitrogens with two attached hydrogens (primary N) is 1. The van der Waals surface area contributed by atoms with E-state index in [1.54, 1.807) is 6.20 Å². The van der Waals surface area contributed by atoms with Gasteiger partial charge in [0.05, 0.1) is 11.7 Å². The fourth-order valence-corrected chi connectivity index (χ4v) is 2.18. The molecule has 1 rings (SSSR count). The van der Waals surface area contributed by atoms with Gasteiger partial charge in [0, 0.05) is 10.7 Å². The number of aromatic nitrogens is 1. The van der Waals surface area contributed by atoms with Crippen LogP contribution in [0.3, 0.4) is 0 Å². The Hall–Kier alpha value is -0.410. The number of nitrogens with zero attached hydrogens (tertiary/aromatic N) is 1. The van der Waals surface area contributed by atoms with Crippen molar-refractivity contribution in [3.8, 4) is 0 Å². The van der Waals surface area contributed by atoms with Crippen LogP contribution in [-0.2, 0) is 0 Å². The van der Waals surface area contributed by atoms with Crippen molar-refractivity contribution in [3.05, 3.63) is 28.5 Å². The summed E-state index contributed by atoms with van der Waals surface area (Å²) in [6.07, 6.45) is 3.99. The van der Waals surface area contributed by atoms with E-state index in [4.69, 9.17) is 5.73 Å². The van der Waals surface area contributed by atoms with E-state index in [1.807, 2.05) is 12.1 Å². The summed E-state index contributed by atoms with van der Waals surface area (Å²) in [6, 6.07) is 3.94. The van der Waals surface area contributed by atoms with Crippen LogP contribution < -0.4 is 5.73 Å². The van der Waals surface area contributed by atoms with E-state index in [0.717, 1.165) is 23.0 Å². The normalized spacial score (nSPS) is 13.2. The van der Waals surface area contributed by atoms with Gasteiger partial charge in [-0.1, -0.05) is 26.7 Å². The lowest BCUT2D eigenvalue weighted by atomic mass is 9.92. The molecular weight excluding hydrogens is 240 g/mol. The second-order valence-electron chi connectivity index (χ2n) is 3.47. The van der Waals surface area contributed by atoms with Crippen molar-refractivity contribution in [2.75, 3.05) is 0 Å². The molecule has 78 valence electrons. The molecule has 1 aromatic rings. The van der Waals surface area contributed by atoms with Crippen LogP contribution in [-0.4, -0.2) is 4.98 Å². The second-order valence-corrected chi connectivity index (χ2v) is 4.33. The first kappa shape index (κ1) is 11.7. The first-order valence-electron chi connectivity index (χ1n) is 5.06. The summed E-state index contributed by atoms with van der Waals surface area (Å²) < 4.78 is 1.01. The number of hydrogen-bond donors (Lipinski definition) is 1. The van der Waals surface area contributed by atoms with Crippen LogP contribution >= 0.6 is 15.9 Å². The van der Waals surface area contributed by atoms with Crippen molar-refractivity contribution in [1.29, 1.82) is 0 Å². The van der Waals surface area contributed by atoms with Crippen LogP contribution in [0.4, 0.5) is 0 Å². The maximum absolute atomic E-state index is 6.17. The van der Waals surface area contributed by atoms with Crippen LogP contribution in [0.5, 0.6) is 0 Å². The Morgan fingerprint density at radius 2 is 2.07 bits per heavy atom. The highest BCUT2D eigenvalue weighted by atomic mass is 79.9. The standard InChI is InChI=1S/C11H17BrN2/c1-3-8(4-2)10(13)11-9(12)6-5-7-14-11/h5-8,10H,3-4,13H2,1-2H3. The molecule has 2 N–H and O–H groups in total. The number of halogens is 1. The quantitative estimate of drug-likeness (QED) is 0.898. The van der Waals surface area contributed by atoms with Crippen molar-refractivity contribution >= 4 is 15.9 Å². The number of pyridine rings is 1. The number of rotatable bonds is 4. The zero-order valence-corrected chi connectivity index (χ0v) is 10.3. The van der Waals surface area contributed by atoms with Crippen LogP contribution in [0.15, 0.2) is 22.8 Å². The van der Waals surface area contributed by atoms with Gasteiger partial charge in [0.15, 0.2) is 0 Å². The maximum atomic E-state index is 6.17. The maximum Gasteiger partial charge on any atom is 0.0715 e. The fraction of sp³-hybridized carbons (Fsp3) is 0.545. The van der Waals surface area contributed by atoms with E-state index in [1.165, 1.54) is 0 Å². The Morgan fingerprint density at radius 3 is 2.57 bits per heavy atom. The molecule has 1 heterocycles. The first-order valence-corrected chi connectivity index (χ1v) is 5.86. The third-order valence-corrected chi connectivity index (χ3v) is 3.33. The Labute approximate surface area is 94.0 Å². The van der Waals surface area contributed by atoms with Crippen LogP contribution in [0.1, 0.15) is 38.4 Å². The monoisotopic (exact) mass is 256 g/mol. The Morgan fingerprint density at radius 1 is 1.43 bits per heavy atom. The smallest absolute Gasteiger partial charge is 0.0715 e. The molecule has 0 fully saturated rings. The van der Waals surface area contributed by atoms with Gasteiger partial charge in [0.25, 0.3) is 0 Å². The first-order chi connectivity index (χ1) is 6.70. The summed E-state index contributed by atoms with van der Waals surface area (Å²) >= 11 is 3.48. The van der Waals surface area contributed by atoms with Gasteiger partial charge in [-0.3, -0.25) is 4.98 Å². The highest BCUT2D eigenvalue weighted by molar-refractivity contribution is 9.10. The molecule has 0 spiro atoms. The molecular formula is C11H17BrN2. The van der Waals surface area contributed by atoms with Crippen molar-refractivity contribution in [2.45, 2.75) is 32.7 Å². The molecule has 0 radical (unpaired) electrons. The summed E-state index contributed by atoms with van der Waals surface area (Å²) in [5.74, 6) is 0.515. The van der Waals surface area contributed by atoms with E-state index < -0.39 is 0 Å². The van der Waals surface area contributed by atoms with Crippen LogP contribution in [0.25, 0.3) is 0 Å². The van der Waals surface area contributed by atoms with Gasteiger partial charge in [0.1, 0.15) is 0 Å². The summed E-state index contributed by atoms with van der Waals surface area (Å²) in [5, 5.41) is 0. The summed E-state index contributed by atoms with van der Waals surface area (Å²) in [5.41, 5.74) is 7.14. The zero-order chi connectivity index (χ0) is 10.6. The molecule has 1 aromatic heterocycles. The summed E-state index contributed by atoms with van der Waals surface area (Å²) in [6.45, 7) is 4.34. The molecule has 0 aliphatic rings. The van der Waals surface area contributed by atoms with E-state index in [9.17, 15) is 0 Å². The largest absolute Gasteiger partial charge is 0.322 e. The molecule has 3 heteroatoms. The topological polar surface area (TPSA) is 38.9 Å². The third-order valence-electron chi connectivity index (χ3n) is 2.66. The van der Waals surface area contributed by atoms with Gasteiger partial charge < -0.3 is 5.73 Å². The van der Waals surface area contributed by atoms with Gasteiger partial charge in [-0.25, -0.2) is 0 Å². The van der Waals surface area contributed by atoms with Crippen molar-refractivity contribution in [1.82, 2.24) is 4.98 Å². The van der Waals surface area contributed by atoms with Crippen LogP contribution in [0, 0.1) is 5.92 Å². The van der Waals surface area contributed by atoms with Gasteiger partial charge in [-0.05, 0) is 34.0 Å². The minimum absolute atomic E-state index is 0.0422. The van der Waals surface area contributed by atoms with Gasteiger partial charge >= 0.3 is 0 Å². The van der Waals surface area contributed by atoms with Gasteiger partial charge in [-0.2, -0.15) is 0 Å². The molecule has 14 heavy (non-hydrogen) atoms. The predicted molar refractivity (Wildman–Crippen MR) is 62.9 cm³/mol. The molecule has 0 aliphatic carbocycles. The molecule has 0 amide bonds. The van der Waals surface area contributed by atoms with Crippen molar-refractivity contribution in [2.24, 2.45) is 11.7 Å². The molecule has 0 saturated heterocycles.